The van der Waals surface area contributed by atoms with Gasteiger partial charge in [0.25, 0.3) is 0 Å². The molecule has 2 fully saturated rings. The van der Waals surface area contributed by atoms with Crippen LogP contribution in [0.5, 0.6) is 0 Å². The largest absolute Gasteiger partial charge is 0.515 e. The van der Waals surface area contributed by atoms with E-state index in [-0.39, 0.29) is 35.0 Å². The first-order valence-electron chi connectivity index (χ1n) is 9.86. The lowest BCUT2D eigenvalue weighted by molar-refractivity contribution is -0.137. The minimum atomic E-state index is -4.58. The van der Waals surface area contributed by atoms with E-state index >= 15 is 0 Å². The van der Waals surface area contributed by atoms with Gasteiger partial charge in [-0.25, -0.2) is 8.42 Å². The average Bonchev–Trinajstić information content (AvgIpc) is 2.72. The van der Waals surface area contributed by atoms with Gasteiger partial charge >= 0.3 is 6.18 Å². The molecule has 0 aliphatic carbocycles. The van der Waals surface area contributed by atoms with Crippen LogP contribution in [0.4, 0.5) is 13.2 Å². The Bertz CT molecular complexity index is 1180. The first-order chi connectivity index (χ1) is 15.0. The minimum absolute atomic E-state index is 0.00330. The van der Waals surface area contributed by atoms with Crippen molar-refractivity contribution in [2.75, 3.05) is 0 Å². The fourth-order valence-corrected chi connectivity index (χ4v) is 6.83. The molecule has 0 saturated carbocycles. The van der Waals surface area contributed by atoms with Crippen LogP contribution in [0.3, 0.4) is 0 Å². The van der Waals surface area contributed by atoms with Crippen LogP contribution in [-0.2, 0) is 21.0 Å². The molecule has 2 aromatic rings. The molecule has 2 heterocycles. The number of alkyl halides is 3. The predicted octanol–water partition coefficient (Wildman–Crippen LogP) is 5.19. The highest BCUT2D eigenvalue weighted by Crippen LogP contribution is 2.45. The fraction of sp³-hybridized carbons (Fsp3) is 0.318. The van der Waals surface area contributed by atoms with E-state index in [1.807, 2.05) is 24.3 Å². The Morgan fingerprint density at radius 3 is 2.38 bits per heavy atom. The second-order valence-corrected chi connectivity index (χ2v) is 10.7. The maximum Gasteiger partial charge on any atom is 0.416 e. The zero-order valence-electron chi connectivity index (χ0n) is 16.6. The molecule has 0 radical (unpaired) electrons. The Labute approximate surface area is 191 Å². The predicted molar refractivity (Wildman–Crippen MR) is 114 cm³/mol. The van der Waals surface area contributed by atoms with Crippen LogP contribution < -0.4 is 0 Å². The van der Waals surface area contributed by atoms with E-state index in [1.54, 1.807) is 0 Å². The molecule has 1 N–H and O–H groups in total. The molecule has 170 valence electrons. The van der Waals surface area contributed by atoms with E-state index in [2.05, 4.69) is 15.9 Å². The van der Waals surface area contributed by atoms with Gasteiger partial charge in [-0.3, -0.25) is 4.79 Å². The number of piperidine rings is 2. The highest BCUT2D eigenvalue weighted by molar-refractivity contribution is 9.10. The monoisotopic (exact) mass is 529 g/mol. The number of rotatable bonds is 3. The van der Waals surface area contributed by atoms with Crippen molar-refractivity contribution in [2.24, 2.45) is 0 Å². The maximum absolute atomic E-state index is 13.4. The van der Waals surface area contributed by atoms with Gasteiger partial charge in [0, 0.05) is 22.5 Å². The van der Waals surface area contributed by atoms with E-state index in [0.29, 0.717) is 12.7 Å². The third kappa shape index (κ3) is 4.11. The highest BCUT2D eigenvalue weighted by Gasteiger charge is 2.50. The molecule has 0 amide bonds. The van der Waals surface area contributed by atoms with Crippen molar-refractivity contribution in [1.82, 2.24) is 4.31 Å². The number of sulfonamides is 1. The third-order valence-electron chi connectivity index (χ3n) is 6.05. The number of hydrogen-bond donors (Lipinski definition) is 1. The normalized spacial score (nSPS) is 25.8. The molecule has 32 heavy (non-hydrogen) atoms. The Morgan fingerprint density at radius 2 is 1.78 bits per heavy atom. The summed E-state index contributed by atoms with van der Waals surface area (Å²) >= 11 is 3.43. The van der Waals surface area contributed by atoms with Gasteiger partial charge in [0.05, 0.1) is 22.8 Å². The number of halogens is 4. The van der Waals surface area contributed by atoms with Crippen molar-refractivity contribution < 1.29 is 31.5 Å². The van der Waals surface area contributed by atoms with E-state index in [0.717, 1.165) is 34.3 Å². The van der Waals surface area contributed by atoms with Crippen LogP contribution >= 0.6 is 15.9 Å². The second kappa shape index (κ2) is 8.31. The van der Waals surface area contributed by atoms with Crippen molar-refractivity contribution in [3.63, 3.8) is 0 Å². The molecule has 2 aliphatic rings. The van der Waals surface area contributed by atoms with Gasteiger partial charge in [-0.15, -0.1) is 0 Å². The molecule has 0 spiro atoms. The van der Waals surface area contributed by atoms with E-state index in [4.69, 9.17) is 0 Å². The number of aliphatic hydroxyl groups excluding tert-OH is 1. The van der Waals surface area contributed by atoms with Crippen LogP contribution in [0.2, 0.25) is 0 Å². The minimum Gasteiger partial charge on any atom is -0.515 e. The molecular weight excluding hydrogens is 511 g/mol. The number of ketones is 1. The molecule has 5 nitrogen and oxygen atoms in total. The Balaban J connectivity index is 1.73. The van der Waals surface area contributed by atoms with Gasteiger partial charge in [0.15, 0.2) is 5.78 Å². The second-order valence-electron chi connectivity index (χ2n) is 7.96. The summed E-state index contributed by atoms with van der Waals surface area (Å²) in [5, 5.41) is 9.72. The lowest BCUT2D eigenvalue weighted by atomic mass is 9.75. The number of aliphatic hydroxyl groups is 1. The van der Waals surface area contributed by atoms with Gasteiger partial charge in [0.1, 0.15) is 0 Å². The SMILES string of the molecule is O=C1CC2CC(c3cccc(Br)c3)CC(/C1=C\O)N2S(=O)(=O)c1ccc(C(F)(F)F)cc1. The molecule has 2 saturated heterocycles. The van der Waals surface area contributed by atoms with Gasteiger partial charge in [-0.05, 0) is 60.7 Å². The Hall–Kier alpha value is -2.17. The number of carbonyl (C=O) groups excluding carboxylic acids is 1. The molecule has 0 aromatic heterocycles. The number of carbonyl (C=O) groups is 1. The molecule has 2 aliphatic heterocycles. The van der Waals surface area contributed by atoms with Gasteiger partial charge < -0.3 is 5.11 Å². The summed E-state index contributed by atoms with van der Waals surface area (Å²) in [7, 11) is -4.21. The number of Topliss-reactive ketones (excluding diaryl/α,β-unsaturated/α-hetero) is 1. The standard InChI is InChI=1S/C22H19BrF3NO4S/c23-16-3-1-2-13(8-16)14-9-17-11-21(29)19(12-28)20(10-14)27(17)32(30,31)18-6-4-15(5-7-18)22(24,25)26/h1-8,12,14,17,20,28H,9-11H2/b19-12+. The third-order valence-corrected chi connectivity index (χ3v) is 8.52. The Morgan fingerprint density at radius 1 is 1.09 bits per heavy atom. The van der Waals surface area contributed by atoms with Crippen LogP contribution in [0.25, 0.3) is 0 Å². The van der Waals surface area contributed by atoms with Crippen LogP contribution in [0.1, 0.15) is 36.3 Å². The van der Waals surface area contributed by atoms with Crippen molar-refractivity contribution >= 4 is 31.7 Å². The quantitative estimate of drug-likeness (QED) is 0.438. The lowest BCUT2D eigenvalue weighted by Crippen LogP contribution is -2.57. The molecule has 2 aromatic carbocycles. The zero-order valence-corrected chi connectivity index (χ0v) is 19.0. The summed E-state index contributed by atoms with van der Waals surface area (Å²) in [5.41, 5.74) is 0.0279. The molecule has 10 heteroatoms. The average molecular weight is 530 g/mol. The lowest BCUT2D eigenvalue weighted by Gasteiger charge is -2.47. The first-order valence-corrected chi connectivity index (χ1v) is 12.1. The van der Waals surface area contributed by atoms with Crippen molar-refractivity contribution in [3.05, 3.63) is 76.0 Å². The molecular formula is C22H19BrF3NO4S. The summed E-state index contributed by atoms with van der Waals surface area (Å²) in [5.74, 6) is -0.376. The number of benzene rings is 2. The van der Waals surface area contributed by atoms with Crippen LogP contribution in [-0.4, -0.2) is 35.7 Å². The number of fused-ring (bicyclic) bond motifs is 2. The van der Waals surface area contributed by atoms with E-state index < -0.39 is 33.8 Å². The molecule has 3 atom stereocenters. The summed E-state index contributed by atoms with van der Waals surface area (Å²) in [4.78, 5) is 12.2. The number of hydrogen-bond acceptors (Lipinski definition) is 4. The first kappa shape index (κ1) is 23.0. The number of nitrogens with zero attached hydrogens (tertiary/aromatic N) is 1. The molecule has 3 unspecified atom stereocenters. The van der Waals surface area contributed by atoms with Gasteiger partial charge in [0.2, 0.25) is 10.0 Å². The summed E-state index contributed by atoms with van der Waals surface area (Å²) in [6.07, 6.45) is -3.38. The highest BCUT2D eigenvalue weighted by atomic mass is 79.9. The maximum atomic E-state index is 13.4. The van der Waals surface area contributed by atoms with Crippen LogP contribution in [0.15, 0.2) is 69.7 Å². The summed E-state index contributed by atoms with van der Waals surface area (Å²) in [6.45, 7) is 0. The van der Waals surface area contributed by atoms with Crippen molar-refractivity contribution in [3.8, 4) is 0 Å². The van der Waals surface area contributed by atoms with E-state index in [1.165, 1.54) is 4.31 Å². The van der Waals surface area contributed by atoms with Gasteiger partial charge in [-0.1, -0.05) is 28.1 Å². The van der Waals surface area contributed by atoms with Gasteiger partial charge in [-0.2, -0.15) is 17.5 Å². The summed E-state index contributed by atoms with van der Waals surface area (Å²) < 4.78 is 67.6. The van der Waals surface area contributed by atoms with E-state index in [9.17, 15) is 31.5 Å². The van der Waals surface area contributed by atoms with Crippen molar-refractivity contribution in [2.45, 2.75) is 48.3 Å². The molecule has 2 bridgehead atoms. The topological polar surface area (TPSA) is 74.7 Å². The summed E-state index contributed by atoms with van der Waals surface area (Å²) in [6, 6.07) is 9.34. The van der Waals surface area contributed by atoms with Crippen molar-refractivity contribution in [1.29, 1.82) is 0 Å². The Kier molecular flexibility index (Phi) is 5.98. The fourth-order valence-electron chi connectivity index (χ4n) is 4.60. The molecule has 4 rings (SSSR count). The smallest absolute Gasteiger partial charge is 0.416 e. The zero-order chi connectivity index (χ0) is 23.3. The van der Waals surface area contributed by atoms with Crippen LogP contribution in [0, 0.1) is 0 Å².